The second kappa shape index (κ2) is 3.35. The highest BCUT2D eigenvalue weighted by Gasteiger charge is 2.43. The molecule has 1 heterocycles. The van der Waals surface area contributed by atoms with Crippen molar-refractivity contribution in [3.8, 4) is 0 Å². The fraction of sp³-hybridized carbons (Fsp3) is 0.333. The molecule has 92 valence electrons. The summed E-state index contributed by atoms with van der Waals surface area (Å²) in [5.74, 6) is 0.613. The summed E-state index contributed by atoms with van der Waals surface area (Å²) in [4.78, 5) is 0.568. The van der Waals surface area contributed by atoms with Crippen molar-refractivity contribution >= 4 is 9.84 Å². The minimum Gasteiger partial charge on any atom is -0.223 e. The van der Waals surface area contributed by atoms with E-state index in [2.05, 4.69) is 6.07 Å². The first kappa shape index (κ1) is 10.6. The first-order chi connectivity index (χ1) is 8.68. The van der Waals surface area contributed by atoms with Crippen molar-refractivity contribution in [2.45, 2.75) is 34.8 Å². The van der Waals surface area contributed by atoms with Gasteiger partial charge in [-0.15, -0.1) is 0 Å². The molecule has 0 radical (unpaired) electrons. The molecule has 1 aliphatic heterocycles. The lowest BCUT2D eigenvalue weighted by molar-refractivity contribution is 0.592. The van der Waals surface area contributed by atoms with E-state index in [0.717, 1.165) is 5.56 Å². The topological polar surface area (TPSA) is 34.1 Å². The Balaban J connectivity index is 1.94. The van der Waals surface area contributed by atoms with Crippen molar-refractivity contribution in [2.24, 2.45) is 0 Å². The van der Waals surface area contributed by atoms with Gasteiger partial charge in [0.05, 0.1) is 10.1 Å². The summed E-state index contributed by atoms with van der Waals surface area (Å²) in [6, 6.07) is 6.05. The zero-order valence-corrected chi connectivity index (χ0v) is 10.7. The van der Waals surface area contributed by atoms with E-state index in [9.17, 15) is 8.42 Å². The molecule has 0 bridgehead atoms. The summed E-state index contributed by atoms with van der Waals surface area (Å²) in [5, 5.41) is -0.382. The van der Waals surface area contributed by atoms with E-state index in [-0.39, 0.29) is 11.2 Å². The number of fused-ring (bicyclic) bond motifs is 3. The van der Waals surface area contributed by atoms with Crippen molar-refractivity contribution in [3.63, 3.8) is 0 Å². The average Bonchev–Trinajstić information content (AvgIpc) is 3.19. The van der Waals surface area contributed by atoms with Crippen LogP contribution in [0.15, 0.2) is 47.4 Å². The van der Waals surface area contributed by atoms with Crippen LogP contribution < -0.4 is 0 Å². The van der Waals surface area contributed by atoms with Crippen molar-refractivity contribution in [1.29, 1.82) is 0 Å². The first-order valence-electron chi connectivity index (χ1n) is 6.41. The molecule has 0 aromatic heterocycles. The lowest BCUT2D eigenvalue weighted by Crippen LogP contribution is -2.18. The Hall–Kier alpha value is -1.35. The Kier molecular flexibility index (Phi) is 1.97. The molecule has 2 unspecified atom stereocenters. The molecule has 0 saturated heterocycles. The maximum atomic E-state index is 12.5. The van der Waals surface area contributed by atoms with Gasteiger partial charge in [0, 0.05) is 5.92 Å². The van der Waals surface area contributed by atoms with E-state index < -0.39 is 9.84 Å². The summed E-state index contributed by atoms with van der Waals surface area (Å²) in [6.07, 6.45) is 10.0. The van der Waals surface area contributed by atoms with Crippen LogP contribution in [0.4, 0.5) is 0 Å². The van der Waals surface area contributed by atoms with E-state index in [4.69, 9.17) is 0 Å². The van der Waals surface area contributed by atoms with Gasteiger partial charge in [-0.2, -0.15) is 0 Å². The monoisotopic (exact) mass is 258 g/mol. The van der Waals surface area contributed by atoms with Crippen molar-refractivity contribution in [1.82, 2.24) is 0 Å². The molecule has 2 nitrogen and oxygen atoms in total. The number of sulfone groups is 1. The fourth-order valence-electron chi connectivity index (χ4n) is 3.05. The Bertz CT molecular complexity index is 678. The van der Waals surface area contributed by atoms with Gasteiger partial charge in [-0.1, -0.05) is 36.4 Å². The quantitative estimate of drug-likeness (QED) is 0.776. The van der Waals surface area contributed by atoms with Crippen LogP contribution in [0, 0.1) is 0 Å². The molecule has 1 saturated carbocycles. The molecule has 0 spiro atoms. The summed E-state index contributed by atoms with van der Waals surface area (Å²) < 4.78 is 25.1. The molecule has 1 aromatic rings. The van der Waals surface area contributed by atoms with Crippen LogP contribution in [-0.2, 0) is 9.84 Å². The molecule has 2 aliphatic carbocycles. The van der Waals surface area contributed by atoms with Crippen LogP contribution in [0.3, 0.4) is 0 Å². The van der Waals surface area contributed by atoms with Gasteiger partial charge in [0.1, 0.15) is 0 Å². The van der Waals surface area contributed by atoms with Gasteiger partial charge < -0.3 is 0 Å². The molecule has 1 fully saturated rings. The largest absolute Gasteiger partial charge is 0.223 e. The predicted molar refractivity (Wildman–Crippen MR) is 70.4 cm³/mol. The SMILES string of the molecule is O=S1(=O)c2cc(C3CC3)ccc2C2C=CC=CC21. The molecule has 4 rings (SSSR count). The third kappa shape index (κ3) is 1.31. The first-order valence-corrected chi connectivity index (χ1v) is 7.95. The molecule has 3 aliphatic rings. The van der Waals surface area contributed by atoms with Crippen molar-refractivity contribution < 1.29 is 8.42 Å². The van der Waals surface area contributed by atoms with E-state index >= 15 is 0 Å². The summed E-state index contributed by atoms with van der Waals surface area (Å²) in [6.45, 7) is 0. The summed E-state index contributed by atoms with van der Waals surface area (Å²) >= 11 is 0. The van der Waals surface area contributed by atoms with Crippen molar-refractivity contribution in [3.05, 3.63) is 53.6 Å². The smallest absolute Gasteiger partial charge is 0.186 e. The molecule has 18 heavy (non-hydrogen) atoms. The highest BCUT2D eigenvalue weighted by atomic mass is 32.2. The average molecular weight is 258 g/mol. The Morgan fingerprint density at radius 3 is 2.61 bits per heavy atom. The van der Waals surface area contributed by atoms with Gasteiger partial charge in [0.2, 0.25) is 0 Å². The predicted octanol–water partition coefficient (Wildman–Crippen LogP) is 2.93. The van der Waals surface area contributed by atoms with Crippen LogP contribution >= 0.6 is 0 Å². The summed E-state index contributed by atoms with van der Waals surface area (Å²) in [5.41, 5.74) is 2.17. The number of rotatable bonds is 1. The molecule has 1 aromatic carbocycles. The van der Waals surface area contributed by atoms with Crippen molar-refractivity contribution in [2.75, 3.05) is 0 Å². The molecule has 0 N–H and O–H groups in total. The minimum absolute atomic E-state index is 0.0169. The second-order valence-corrected chi connectivity index (χ2v) is 7.45. The summed E-state index contributed by atoms with van der Waals surface area (Å²) in [7, 11) is -3.17. The molecule has 0 amide bonds. The number of benzene rings is 1. The third-order valence-electron chi connectivity index (χ3n) is 4.19. The van der Waals surface area contributed by atoms with Crippen LogP contribution in [0.5, 0.6) is 0 Å². The molecular weight excluding hydrogens is 244 g/mol. The van der Waals surface area contributed by atoms with Crippen LogP contribution in [0.1, 0.15) is 35.8 Å². The second-order valence-electron chi connectivity index (χ2n) is 5.38. The Morgan fingerprint density at radius 1 is 1.06 bits per heavy atom. The van der Waals surface area contributed by atoms with E-state index in [0.29, 0.717) is 10.8 Å². The molecule has 3 heteroatoms. The highest BCUT2D eigenvalue weighted by Crippen LogP contribution is 2.47. The van der Waals surface area contributed by atoms with Gasteiger partial charge >= 0.3 is 0 Å². The lowest BCUT2D eigenvalue weighted by atomic mass is 9.91. The van der Waals surface area contributed by atoms with Gasteiger partial charge in [0.15, 0.2) is 9.84 Å². The van der Waals surface area contributed by atoms with E-state index in [1.54, 1.807) is 0 Å². The standard InChI is InChI=1S/C15H14O2S/c16-18(17)14-4-2-1-3-12(14)13-8-7-11(9-15(13)18)10-5-6-10/h1-4,7-10,12,14H,5-6H2. The maximum Gasteiger partial charge on any atom is 0.186 e. The zero-order valence-electron chi connectivity index (χ0n) is 9.91. The van der Waals surface area contributed by atoms with E-state index in [1.165, 1.54) is 18.4 Å². The Labute approximate surface area is 107 Å². The van der Waals surface area contributed by atoms with Crippen LogP contribution in [0.25, 0.3) is 0 Å². The fourth-order valence-corrected chi connectivity index (χ4v) is 5.10. The molecule has 2 atom stereocenters. The van der Waals surface area contributed by atoms with Crippen LogP contribution in [0.2, 0.25) is 0 Å². The maximum absolute atomic E-state index is 12.5. The minimum atomic E-state index is -3.17. The third-order valence-corrected chi connectivity index (χ3v) is 6.33. The highest BCUT2D eigenvalue weighted by molar-refractivity contribution is 7.92. The van der Waals surface area contributed by atoms with Gasteiger partial charge in [-0.3, -0.25) is 0 Å². The number of hydrogen-bond donors (Lipinski definition) is 0. The Morgan fingerprint density at radius 2 is 1.83 bits per heavy atom. The van der Waals surface area contributed by atoms with E-state index in [1.807, 2.05) is 36.4 Å². The normalized spacial score (nSPS) is 31.1. The lowest BCUT2D eigenvalue weighted by Gasteiger charge is -2.14. The van der Waals surface area contributed by atoms with Gasteiger partial charge in [0.25, 0.3) is 0 Å². The van der Waals surface area contributed by atoms with Crippen LogP contribution in [-0.4, -0.2) is 13.7 Å². The molecular formula is C15H14O2S. The van der Waals surface area contributed by atoms with Gasteiger partial charge in [-0.25, -0.2) is 8.42 Å². The number of hydrogen-bond acceptors (Lipinski definition) is 2. The number of allylic oxidation sites excluding steroid dienone is 3. The van der Waals surface area contributed by atoms with Gasteiger partial charge in [-0.05, 0) is 36.0 Å². The zero-order chi connectivity index (χ0) is 12.3.